The topological polar surface area (TPSA) is 57.2 Å². The summed E-state index contributed by atoms with van der Waals surface area (Å²) in [7, 11) is 3.62. The predicted molar refractivity (Wildman–Crippen MR) is 129 cm³/mol. The smallest absolute Gasteiger partial charge is 0.274 e. The first-order valence-corrected chi connectivity index (χ1v) is 12.9. The second-order valence-electron chi connectivity index (χ2n) is 8.97. The van der Waals surface area contributed by atoms with E-state index < -0.39 is 9.04 Å². The Morgan fingerprint density at radius 2 is 1.56 bits per heavy atom. The molecule has 7 heteroatoms. The fourth-order valence-electron chi connectivity index (χ4n) is 3.96. The summed E-state index contributed by atoms with van der Waals surface area (Å²) in [4.78, 5) is 14.7. The van der Waals surface area contributed by atoms with Gasteiger partial charge in [0.15, 0.2) is 11.5 Å². The van der Waals surface area contributed by atoms with Crippen molar-refractivity contribution >= 4 is 20.6 Å². The number of amides is 1. The summed E-state index contributed by atoms with van der Waals surface area (Å²) >= 11 is 0. The molecule has 1 radical (unpaired) electrons. The molecule has 1 fully saturated rings. The summed E-state index contributed by atoms with van der Waals surface area (Å²) in [5.74, 6) is 2.15. The van der Waals surface area contributed by atoms with E-state index in [4.69, 9.17) is 18.6 Å². The summed E-state index contributed by atoms with van der Waals surface area (Å²) in [5.41, 5.74) is 3.10. The van der Waals surface area contributed by atoms with Crippen molar-refractivity contribution in [2.24, 2.45) is 0 Å². The third-order valence-corrected chi connectivity index (χ3v) is 6.08. The number of benzene rings is 2. The lowest BCUT2D eigenvalue weighted by Gasteiger charge is -2.44. The Labute approximate surface area is 192 Å². The zero-order valence-corrected chi connectivity index (χ0v) is 21.2. The zero-order valence-electron chi connectivity index (χ0n) is 20.2. The van der Waals surface area contributed by atoms with Crippen LogP contribution in [-0.4, -0.2) is 36.3 Å². The first-order valence-electron chi connectivity index (χ1n) is 10.5. The SMILES string of the molecule is C=C1C(=O)N(c2cc(OC)c(OC)c(OC)c2)[C@H]1c1cccc(C(C)(C)C)c1O[Si](C)C. The van der Waals surface area contributed by atoms with Crippen molar-refractivity contribution < 1.29 is 23.4 Å². The van der Waals surface area contributed by atoms with E-state index in [1.54, 1.807) is 38.4 Å². The number of carbonyl (C=O) groups excluding carboxylic acids is 1. The molecule has 0 bridgehead atoms. The summed E-state index contributed by atoms with van der Waals surface area (Å²) in [6.45, 7) is 14.8. The summed E-state index contributed by atoms with van der Waals surface area (Å²) < 4.78 is 22.8. The monoisotopic (exact) mass is 454 g/mol. The average molecular weight is 455 g/mol. The highest BCUT2D eigenvalue weighted by Gasteiger charge is 2.45. The molecule has 0 unspecified atom stereocenters. The molecule has 6 nitrogen and oxygen atoms in total. The van der Waals surface area contributed by atoms with Crippen LogP contribution in [0, 0.1) is 0 Å². The van der Waals surface area contributed by atoms with E-state index in [-0.39, 0.29) is 17.4 Å². The van der Waals surface area contributed by atoms with Gasteiger partial charge in [0.05, 0.1) is 33.1 Å². The molecule has 1 atom stereocenters. The van der Waals surface area contributed by atoms with Crippen LogP contribution in [0.1, 0.15) is 37.9 Å². The van der Waals surface area contributed by atoms with Crippen molar-refractivity contribution in [1.82, 2.24) is 0 Å². The number of ether oxygens (including phenoxy) is 3. The third-order valence-electron chi connectivity index (χ3n) is 5.46. The van der Waals surface area contributed by atoms with E-state index in [2.05, 4.69) is 46.5 Å². The van der Waals surface area contributed by atoms with Gasteiger partial charge < -0.3 is 18.6 Å². The lowest BCUT2D eigenvalue weighted by molar-refractivity contribution is -0.119. The van der Waals surface area contributed by atoms with Crippen molar-refractivity contribution in [2.45, 2.75) is 45.3 Å². The van der Waals surface area contributed by atoms with Crippen LogP contribution >= 0.6 is 0 Å². The Bertz CT molecular complexity index is 1020. The van der Waals surface area contributed by atoms with Crippen molar-refractivity contribution in [3.8, 4) is 23.0 Å². The van der Waals surface area contributed by atoms with Crippen molar-refractivity contribution in [3.63, 3.8) is 0 Å². The normalized spacial score (nSPS) is 16.2. The van der Waals surface area contributed by atoms with E-state index in [0.29, 0.717) is 28.5 Å². The van der Waals surface area contributed by atoms with Gasteiger partial charge in [-0.15, -0.1) is 0 Å². The van der Waals surface area contributed by atoms with Crippen LogP contribution in [0.25, 0.3) is 0 Å². The molecule has 2 aromatic carbocycles. The summed E-state index contributed by atoms with van der Waals surface area (Å²) in [5, 5.41) is 0. The van der Waals surface area contributed by atoms with Crippen molar-refractivity contribution in [3.05, 3.63) is 53.6 Å². The van der Waals surface area contributed by atoms with Gasteiger partial charge in [-0.2, -0.15) is 0 Å². The average Bonchev–Trinajstić information content (AvgIpc) is 2.74. The molecule has 0 saturated carbocycles. The molecule has 0 aromatic heterocycles. The maximum Gasteiger partial charge on any atom is 0.274 e. The van der Waals surface area contributed by atoms with Crippen LogP contribution in [-0.2, 0) is 10.2 Å². The van der Waals surface area contributed by atoms with Gasteiger partial charge in [-0.3, -0.25) is 9.69 Å². The van der Waals surface area contributed by atoms with Gasteiger partial charge in [-0.1, -0.05) is 45.5 Å². The van der Waals surface area contributed by atoms with Crippen LogP contribution in [0.5, 0.6) is 23.0 Å². The van der Waals surface area contributed by atoms with Gasteiger partial charge in [-0.05, 0) is 24.1 Å². The fraction of sp³-hybridized carbons (Fsp3) is 0.400. The van der Waals surface area contributed by atoms with Gasteiger partial charge in [-0.25, -0.2) is 0 Å². The van der Waals surface area contributed by atoms with E-state index in [1.807, 2.05) is 12.1 Å². The molecule has 1 aliphatic rings. The van der Waals surface area contributed by atoms with Crippen molar-refractivity contribution in [2.75, 3.05) is 26.2 Å². The molecule has 0 spiro atoms. The lowest BCUT2D eigenvalue weighted by atomic mass is 9.81. The first kappa shape index (κ1) is 23.7. The minimum absolute atomic E-state index is 0.116. The number of hydrogen-bond donors (Lipinski definition) is 0. The maximum absolute atomic E-state index is 13.0. The molecule has 1 aliphatic heterocycles. The van der Waals surface area contributed by atoms with E-state index in [9.17, 15) is 4.79 Å². The molecule has 171 valence electrons. The minimum atomic E-state index is -1.04. The molecular weight excluding hydrogens is 422 g/mol. The standard InChI is InChI=1S/C25H32NO5Si/c1-15-21(17-11-10-12-18(25(2,3)4)22(17)31-32(8)9)26(24(15)27)16-13-19(28-5)23(30-7)20(14-16)29-6/h10-14,21H,1H2,2-9H3/t21-/m1/s1. The number of carbonyl (C=O) groups is 1. The van der Waals surface area contributed by atoms with E-state index >= 15 is 0 Å². The Morgan fingerprint density at radius 1 is 0.969 bits per heavy atom. The number of nitrogens with zero attached hydrogens (tertiary/aromatic N) is 1. The molecule has 1 saturated heterocycles. The van der Waals surface area contributed by atoms with Gasteiger partial charge >= 0.3 is 0 Å². The van der Waals surface area contributed by atoms with Gasteiger partial charge in [0.25, 0.3) is 14.9 Å². The lowest BCUT2D eigenvalue weighted by Crippen LogP contribution is -2.49. The van der Waals surface area contributed by atoms with Gasteiger partial charge in [0.1, 0.15) is 5.75 Å². The largest absolute Gasteiger partial charge is 0.542 e. The molecule has 1 amide bonds. The maximum atomic E-state index is 13.0. The number of hydrogen-bond acceptors (Lipinski definition) is 5. The second-order valence-corrected chi connectivity index (χ2v) is 11.0. The highest BCUT2D eigenvalue weighted by Crippen LogP contribution is 2.50. The highest BCUT2D eigenvalue weighted by atomic mass is 28.3. The molecule has 1 heterocycles. The molecule has 2 aromatic rings. The second kappa shape index (κ2) is 8.90. The van der Waals surface area contributed by atoms with Gasteiger partial charge in [0.2, 0.25) is 5.75 Å². The van der Waals surface area contributed by atoms with Crippen LogP contribution in [0.15, 0.2) is 42.5 Å². The number of rotatable bonds is 7. The Morgan fingerprint density at radius 3 is 2.03 bits per heavy atom. The number of methoxy groups -OCH3 is 3. The van der Waals surface area contributed by atoms with Crippen LogP contribution < -0.4 is 23.5 Å². The number of para-hydroxylation sites is 1. The Balaban J connectivity index is 2.18. The fourth-order valence-corrected chi connectivity index (χ4v) is 4.59. The third kappa shape index (κ3) is 4.09. The van der Waals surface area contributed by atoms with Crippen LogP contribution in [0.4, 0.5) is 5.69 Å². The Hall–Kier alpha value is -2.93. The quantitative estimate of drug-likeness (QED) is 0.323. The number of anilines is 1. The molecule has 0 aliphatic carbocycles. The van der Waals surface area contributed by atoms with E-state index in [0.717, 1.165) is 16.9 Å². The van der Waals surface area contributed by atoms with Gasteiger partial charge in [0, 0.05) is 23.3 Å². The minimum Gasteiger partial charge on any atom is -0.542 e. The molecule has 32 heavy (non-hydrogen) atoms. The molecular formula is C25H32NO5Si. The molecule has 3 rings (SSSR count). The zero-order chi connectivity index (χ0) is 23.8. The number of β-lactam (4-membered cyclic amide) rings is 1. The first-order chi connectivity index (χ1) is 15.0. The summed E-state index contributed by atoms with van der Waals surface area (Å²) in [6.07, 6.45) is 0. The van der Waals surface area contributed by atoms with E-state index in [1.165, 1.54) is 0 Å². The predicted octanol–water partition coefficient (Wildman–Crippen LogP) is 5.28. The van der Waals surface area contributed by atoms with Crippen molar-refractivity contribution in [1.29, 1.82) is 0 Å². The van der Waals surface area contributed by atoms with Crippen LogP contribution in [0.3, 0.4) is 0 Å². The molecule has 0 N–H and O–H groups in total. The highest BCUT2D eigenvalue weighted by molar-refractivity contribution is 6.49. The summed E-state index contributed by atoms with van der Waals surface area (Å²) in [6, 6.07) is 9.34. The van der Waals surface area contributed by atoms with Crippen LogP contribution in [0.2, 0.25) is 13.1 Å². The Kier molecular flexibility index (Phi) is 6.60.